The van der Waals surface area contributed by atoms with Gasteiger partial charge < -0.3 is 10.3 Å². The summed E-state index contributed by atoms with van der Waals surface area (Å²) >= 11 is 2.34. The molecule has 1 amide bonds. The van der Waals surface area contributed by atoms with Gasteiger partial charge >= 0.3 is 0 Å². The molecule has 0 aliphatic carbocycles. The molecule has 0 saturated carbocycles. The minimum Gasteiger partial charge on any atom is -0.361 e. The highest BCUT2D eigenvalue weighted by Crippen LogP contribution is 2.21. The number of carbonyl (C=O) groups is 1. The third-order valence-corrected chi connectivity index (χ3v) is 5.57. The second-order valence-electron chi connectivity index (χ2n) is 6.57. The molecular formula is C21H18IN5O2. The average molecular weight is 499 g/mol. The van der Waals surface area contributed by atoms with Crippen LogP contribution in [0.5, 0.6) is 0 Å². The molecule has 4 aromatic rings. The summed E-state index contributed by atoms with van der Waals surface area (Å²) in [5, 5.41) is 10.4. The van der Waals surface area contributed by atoms with E-state index in [1.807, 2.05) is 6.20 Å². The van der Waals surface area contributed by atoms with Crippen molar-refractivity contribution in [3.8, 4) is 11.3 Å². The van der Waals surface area contributed by atoms with Crippen molar-refractivity contribution in [2.75, 3.05) is 6.54 Å². The van der Waals surface area contributed by atoms with Gasteiger partial charge in [0.15, 0.2) is 0 Å². The molecule has 1 aromatic carbocycles. The number of aromatic amines is 2. The fourth-order valence-electron chi connectivity index (χ4n) is 3.17. The standard InChI is InChI=1S/C21H18IN5O2/c22-11-13-1-2-18-16(9-13)15(12-25-18)5-8-24-20(28)17-10-19(26-27-21(17)29)14-3-6-23-7-4-14/h1-4,6-7,9-10,12,25H,5,8,11H2,(H,24,28)(H,27,29). The molecule has 0 fully saturated rings. The summed E-state index contributed by atoms with van der Waals surface area (Å²) in [5.41, 5.74) is 4.28. The molecule has 0 spiro atoms. The first-order chi connectivity index (χ1) is 14.2. The van der Waals surface area contributed by atoms with Crippen LogP contribution in [0.15, 0.2) is 59.8 Å². The number of halogens is 1. The molecule has 0 unspecified atom stereocenters. The van der Waals surface area contributed by atoms with Gasteiger partial charge in [0, 0.05) is 46.0 Å². The number of aromatic nitrogens is 4. The second-order valence-corrected chi connectivity index (χ2v) is 7.33. The maximum Gasteiger partial charge on any atom is 0.277 e. The highest BCUT2D eigenvalue weighted by molar-refractivity contribution is 14.1. The predicted octanol–water partition coefficient (Wildman–Crippen LogP) is 3.22. The zero-order valence-electron chi connectivity index (χ0n) is 15.4. The fourth-order valence-corrected chi connectivity index (χ4v) is 3.64. The number of rotatable bonds is 6. The van der Waals surface area contributed by atoms with E-state index in [2.05, 4.69) is 66.3 Å². The summed E-state index contributed by atoms with van der Waals surface area (Å²) in [6.45, 7) is 0.423. The van der Waals surface area contributed by atoms with Gasteiger partial charge in [-0.05, 0) is 47.9 Å². The SMILES string of the molecule is O=C(NCCc1c[nH]c2ccc(CI)cc12)c1cc(-c2ccncc2)n[nH]c1=O. The van der Waals surface area contributed by atoms with Crippen molar-refractivity contribution in [2.45, 2.75) is 10.8 Å². The zero-order chi connectivity index (χ0) is 20.2. The van der Waals surface area contributed by atoms with Crippen LogP contribution >= 0.6 is 22.6 Å². The Morgan fingerprint density at radius 3 is 2.76 bits per heavy atom. The van der Waals surface area contributed by atoms with E-state index in [4.69, 9.17) is 0 Å². The largest absolute Gasteiger partial charge is 0.361 e. The molecule has 8 heteroatoms. The van der Waals surface area contributed by atoms with Crippen molar-refractivity contribution in [2.24, 2.45) is 0 Å². The summed E-state index contributed by atoms with van der Waals surface area (Å²) < 4.78 is 0.944. The smallest absolute Gasteiger partial charge is 0.277 e. The zero-order valence-corrected chi connectivity index (χ0v) is 17.6. The molecule has 29 heavy (non-hydrogen) atoms. The first kappa shape index (κ1) is 19.3. The van der Waals surface area contributed by atoms with Gasteiger partial charge in [-0.15, -0.1) is 0 Å². The number of fused-ring (bicyclic) bond motifs is 1. The number of hydrogen-bond acceptors (Lipinski definition) is 4. The van der Waals surface area contributed by atoms with Gasteiger partial charge in [0.25, 0.3) is 11.5 Å². The van der Waals surface area contributed by atoms with E-state index in [-0.39, 0.29) is 5.56 Å². The summed E-state index contributed by atoms with van der Waals surface area (Å²) in [5.74, 6) is -0.420. The Labute approximate surface area is 180 Å². The molecule has 0 saturated heterocycles. The number of amides is 1. The summed E-state index contributed by atoms with van der Waals surface area (Å²) in [6.07, 6.45) is 5.89. The van der Waals surface area contributed by atoms with Crippen molar-refractivity contribution >= 4 is 39.4 Å². The molecule has 3 N–H and O–H groups in total. The van der Waals surface area contributed by atoms with E-state index in [0.29, 0.717) is 18.7 Å². The van der Waals surface area contributed by atoms with E-state index >= 15 is 0 Å². The van der Waals surface area contributed by atoms with Crippen molar-refractivity contribution < 1.29 is 4.79 Å². The number of alkyl halides is 1. The lowest BCUT2D eigenvalue weighted by Crippen LogP contribution is -2.31. The highest BCUT2D eigenvalue weighted by atomic mass is 127. The van der Waals surface area contributed by atoms with Crippen molar-refractivity contribution in [1.29, 1.82) is 0 Å². The van der Waals surface area contributed by atoms with Crippen LogP contribution in [0.1, 0.15) is 21.5 Å². The summed E-state index contributed by atoms with van der Waals surface area (Å²) in [6, 6.07) is 11.4. The Morgan fingerprint density at radius 1 is 1.14 bits per heavy atom. The van der Waals surface area contributed by atoms with Crippen molar-refractivity contribution in [1.82, 2.24) is 25.5 Å². The lowest BCUT2D eigenvalue weighted by molar-refractivity contribution is 0.0952. The quantitative estimate of drug-likeness (QED) is 0.280. The normalized spacial score (nSPS) is 10.9. The average Bonchev–Trinajstić information content (AvgIpc) is 3.16. The van der Waals surface area contributed by atoms with Crippen LogP contribution in [0.2, 0.25) is 0 Å². The molecule has 7 nitrogen and oxygen atoms in total. The van der Waals surface area contributed by atoms with E-state index in [1.54, 1.807) is 24.5 Å². The van der Waals surface area contributed by atoms with E-state index in [0.717, 1.165) is 26.5 Å². The van der Waals surface area contributed by atoms with Crippen molar-refractivity contribution in [3.63, 3.8) is 0 Å². The van der Waals surface area contributed by atoms with E-state index in [9.17, 15) is 9.59 Å². The predicted molar refractivity (Wildman–Crippen MR) is 120 cm³/mol. The fraction of sp³-hybridized carbons (Fsp3) is 0.143. The number of nitrogens with one attached hydrogen (secondary N) is 3. The Morgan fingerprint density at radius 2 is 1.97 bits per heavy atom. The maximum absolute atomic E-state index is 12.6. The maximum atomic E-state index is 12.6. The van der Waals surface area contributed by atoms with Gasteiger partial charge in [-0.3, -0.25) is 14.6 Å². The van der Waals surface area contributed by atoms with Crippen LogP contribution in [0.3, 0.4) is 0 Å². The topological polar surface area (TPSA) is 104 Å². The van der Waals surface area contributed by atoms with Crippen LogP contribution in [0.25, 0.3) is 22.2 Å². The van der Waals surface area contributed by atoms with Gasteiger partial charge in [-0.25, -0.2) is 5.10 Å². The van der Waals surface area contributed by atoms with Crippen LogP contribution < -0.4 is 10.9 Å². The summed E-state index contributed by atoms with van der Waals surface area (Å²) in [4.78, 5) is 31.9. The van der Waals surface area contributed by atoms with Gasteiger partial charge in [-0.1, -0.05) is 28.7 Å². The summed E-state index contributed by atoms with van der Waals surface area (Å²) in [7, 11) is 0. The van der Waals surface area contributed by atoms with Gasteiger partial charge in [0.1, 0.15) is 5.56 Å². The second kappa shape index (κ2) is 8.56. The van der Waals surface area contributed by atoms with E-state index in [1.165, 1.54) is 11.6 Å². The minimum absolute atomic E-state index is 0.0398. The molecule has 0 bridgehead atoms. The first-order valence-corrected chi connectivity index (χ1v) is 10.6. The molecule has 146 valence electrons. The van der Waals surface area contributed by atoms with Crippen LogP contribution in [0, 0.1) is 0 Å². The molecule has 4 rings (SSSR count). The van der Waals surface area contributed by atoms with Gasteiger partial charge in [-0.2, -0.15) is 5.10 Å². The lowest BCUT2D eigenvalue weighted by Gasteiger charge is -2.06. The third-order valence-electron chi connectivity index (χ3n) is 4.69. The molecule has 0 aliphatic rings. The Hall–Kier alpha value is -3.01. The van der Waals surface area contributed by atoms with Crippen molar-refractivity contribution in [3.05, 3.63) is 82.0 Å². The number of hydrogen-bond donors (Lipinski definition) is 3. The van der Waals surface area contributed by atoms with Crippen LogP contribution in [-0.2, 0) is 10.8 Å². The number of benzene rings is 1. The molecular weight excluding hydrogens is 481 g/mol. The molecule has 0 atom stereocenters. The lowest BCUT2D eigenvalue weighted by atomic mass is 10.1. The van der Waals surface area contributed by atoms with Gasteiger partial charge in [0.2, 0.25) is 0 Å². The highest BCUT2D eigenvalue weighted by Gasteiger charge is 2.13. The van der Waals surface area contributed by atoms with Crippen LogP contribution in [-0.4, -0.2) is 32.6 Å². The van der Waals surface area contributed by atoms with Crippen LogP contribution in [0.4, 0.5) is 0 Å². The monoisotopic (exact) mass is 499 g/mol. The Bertz CT molecular complexity index is 1220. The number of nitrogens with zero attached hydrogens (tertiary/aromatic N) is 2. The third kappa shape index (κ3) is 4.21. The molecule has 3 aromatic heterocycles. The number of carbonyl (C=O) groups excluding carboxylic acids is 1. The Balaban J connectivity index is 1.47. The molecule has 0 aliphatic heterocycles. The number of pyridine rings is 1. The van der Waals surface area contributed by atoms with Gasteiger partial charge in [0.05, 0.1) is 5.69 Å². The van der Waals surface area contributed by atoms with E-state index < -0.39 is 11.5 Å². The first-order valence-electron chi connectivity index (χ1n) is 9.09. The minimum atomic E-state index is -0.515. The number of H-pyrrole nitrogens is 2. The Kier molecular flexibility index (Phi) is 5.70. The molecule has 0 radical (unpaired) electrons. The molecule has 3 heterocycles.